The Morgan fingerprint density at radius 3 is 2.45 bits per heavy atom. The van der Waals surface area contributed by atoms with Crippen LogP contribution in [-0.2, 0) is 11.3 Å². The van der Waals surface area contributed by atoms with Gasteiger partial charge in [-0.2, -0.15) is 0 Å². The molecular weight excluding hydrogens is 428 g/mol. The van der Waals surface area contributed by atoms with Gasteiger partial charge in [0.05, 0.1) is 11.1 Å². The maximum atomic E-state index is 12.2. The van der Waals surface area contributed by atoms with E-state index in [4.69, 9.17) is 4.74 Å². The van der Waals surface area contributed by atoms with Crippen LogP contribution in [0.5, 0.6) is 5.75 Å². The summed E-state index contributed by atoms with van der Waals surface area (Å²) >= 11 is 3.97. The van der Waals surface area contributed by atoms with Crippen molar-refractivity contribution in [3.05, 3.63) is 94.4 Å². The molecule has 1 N–H and O–H groups in total. The van der Waals surface area contributed by atoms with Crippen molar-refractivity contribution < 1.29 is 9.53 Å². The van der Waals surface area contributed by atoms with Crippen molar-refractivity contribution in [1.82, 2.24) is 4.57 Å². The molecule has 31 heavy (non-hydrogen) atoms. The van der Waals surface area contributed by atoms with Crippen LogP contribution in [0.4, 0.5) is 5.69 Å². The lowest BCUT2D eigenvalue weighted by atomic mass is 10.2. The van der Waals surface area contributed by atoms with Gasteiger partial charge in [-0.3, -0.25) is 9.59 Å². The molecule has 0 saturated carbocycles. The summed E-state index contributed by atoms with van der Waals surface area (Å²) in [4.78, 5) is 24.0. The molecule has 1 amide bonds. The van der Waals surface area contributed by atoms with Crippen LogP contribution in [-0.4, -0.2) is 28.6 Å². The highest BCUT2D eigenvalue weighted by atomic mass is 32.2. The second kappa shape index (κ2) is 10.6. The van der Waals surface area contributed by atoms with Crippen LogP contribution in [0.25, 0.3) is 0 Å². The number of anilines is 1. The quantitative estimate of drug-likeness (QED) is 0.559. The molecule has 2 heterocycles. The fourth-order valence-electron chi connectivity index (χ4n) is 3.23. The number of hydrogen-bond acceptors (Lipinski definition) is 5. The van der Waals surface area contributed by atoms with Crippen molar-refractivity contribution in [3.63, 3.8) is 0 Å². The number of benzene rings is 2. The Morgan fingerprint density at radius 2 is 1.74 bits per heavy atom. The Balaban J connectivity index is 1.26. The lowest BCUT2D eigenvalue weighted by Gasteiger charge is -2.21. The summed E-state index contributed by atoms with van der Waals surface area (Å²) < 4.78 is 7.77. The number of carbonyl (C=O) groups is 1. The third-order valence-electron chi connectivity index (χ3n) is 4.84. The lowest BCUT2D eigenvalue weighted by Crippen LogP contribution is -2.20. The number of nitrogens with one attached hydrogen (secondary N) is 1. The number of ether oxygens (including phenoxy) is 1. The number of amides is 1. The Morgan fingerprint density at radius 1 is 1.00 bits per heavy atom. The van der Waals surface area contributed by atoms with Gasteiger partial charge in [0.15, 0.2) is 6.61 Å². The van der Waals surface area contributed by atoms with E-state index in [1.54, 1.807) is 16.8 Å². The minimum absolute atomic E-state index is 0.0405. The second-order valence-electron chi connectivity index (χ2n) is 7.20. The van der Waals surface area contributed by atoms with Gasteiger partial charge in [0.1, 0.15) is 5.75 Å². The summed E-state index contributed by atoms with van der Waals surface area (Å²) in [7, 11) is 0. The third kappa shape index (κ3) is 6.18. The van der Waals surface area contributed by atoms with Crippen molar-refractivity contribution in [2.75, 3.05) is 23.4 Å². The van der Waals surface area contributed by atoms with Gasteiger partial charge in [-0.25, -0.2) is 0 Å². The molecule has 1 aliphatic heterocycles. The smallest absolute Gasteiger partial charge is 0.262 e. The van der Waals surface area contributed by atoms with Gasteiger partial charge >= 0.3 is 0 Å². The van der Waals surface area contributed by atoms with E-state index in [0.29, 0.717) is 22.6 Å². The van der Waals surface area contributed by atoms with E-state index < -0.39 is 0 Å². The van der Waals surface area contributed by atoms with E-state index in [-0.39, 0.29) is 18.1 Å². The van der Waals surface area contributed by atoms with Crippen molar-refractivity contribution >= 4 is 35.1 Å². The van der Waals surface area contributed by atoms with Crippen LogP contribution >= 0.6 is 23.5 Å². The molecule has 2 aromatic carbocycles. The minimum atomic E-state index is -0.213. The average Bonchev–Trinajstić information content (AvgIpc) is 2.81. The highest BCUT2D eigenvalue weighted by molar-refractivity contribution is 8.16. The topological polar surface area (TPSA) is 60.3 Å². The van der Waals surface area contributed by atoms with E-state index in [9.17, 15) is 9.59 Å². The largest absolute Gasteiger partial charge is 0.484 e. The van der Waals surface area contributed by atoms with Crippen LogP contribution in [0.2, 0.25) is 0 Å². The van der Waals surface area contributed by atoms with Crippen molar-refractivity contribution in [2.45, 2.75) is 17.5 Å². The average molecular weight is 453 g/mol. The first-order chi connectivity index (χ1) is 15.2. The number of rotatable bonds is 7. The number of carbonyl (C=O) groups excluding carboxylic acids is 1. The number of pyridine rings is 1. The van der Waals surface area contributed by atoms with Crippen molar-refractivity contribution in [1.29, 1.82) is 0 Å². The molecule has 5 nitrogen and oxygen atoms in total. The van der Waals surface area contributed by atoms with Crippen LogP contribution in [0.1, 0.15) is 22.1 Å². The Labute approximate surface area is 190 Å². The van der Waals surface area contributed by atoms with Crippen LogP contribution in [0.3, 0.4) is 0 Å². The molecule has 0 bridgehead atoms. The van der Waals surface area contributed by atoms with E-state index in [0.717, 1.165) is 5.56 Å². The predicted octanol–water partition coefficient (Wildman–Crippen LogP) is 4.78. The molecule has 0 aliphatic carbocycles. The number of aromatic nitrogens is 1. The molecule has 1 fully saturated rings. The molecule has 7 heteroatoms. The highest BCUT2D eigenvalue weighted by Crippen LogP contribution is 2.43. The van der Waals surface area contributed by atoms with Gasteiger partial charge in [-0.15, -0.1) is 23.5 Å². The first-order valence-electron chi connectivity index (χ1n) is 10.2. The Hall–Kier alpha value is -2.64. The highest BCUT2D eigenvalue weighted by Gasteiger charge is 2.16. The lowest BCUT2D eigenvalue weighted by molar-refractivity contribution is -0.118. The minimum Gasteiger partial charge on any atom is -0.484 e. The second-order valence-corrected chi connectivity index (χ2v) is 9.92. The molecule has 1 aromatic heterocycles. The standard InChI is InChI=1S/C24H24N2O3S2/c27-22(17-29-21-11-7-19(8-12-21)24-30-14-3-15-31-24)25-20-9-5-18(6-10-20)16-26-13-2-1-4-23(26)28/h1-2,4-13,24H,3,14-17H2,(H,25,27). The fraction of sp³-hybridized carbons (Fsp3) is 0.250. The van der Waals surface area contributed by atoms with E-state index in [1.807, 2.05) is 66.0 Å². The Bertz CT molecular complexity index is 1060. The normalized spacial score (nSPS) is 14.2. The summed E-state index contributed by atoms with van der Waals surface area (Å²) in [6.07, 6.45) is 3.03. The summed E-state index contributed by atoms with van der Waals surface area (Å²) in [5, 5.41) is 2.84. The number of nitrogens with zero attached hydrogens (tertiary/aromatic N) is 1. The Kier molecular flexibility index (Phi) is 7.38. The van der Waals surface area contributed by atoms with E-state index in [2.05, 4.69) is 17.4 Å². The molecule has 0 atom stereocenters. The predicted molar refractivity (Wildman–Crippen MR) is 129 cm³/mol. The zero-order valence-electron chi connectivity index (χ0n) is 17.0. The zero-order valence-corrected chi connectivity index (χ0v) is 18.7. The molecule has 0 unspecified atom stereocenters. The zero-order chi connectivity index (χ0) is 21.5. The molecule has 1 saturated heterocycles. The van der Waals surface area contributed by atoms with E-state index >= 15 is 0 Å². The van der Waals surface area contributed by atoms with Crippen LogP contribution in [0.15, 0.2) is 77.7 Å². The van der Waals surface area contributed by atoms with Gasteiger partial charge in [-0.05, 0) is 59.4 Å². The van der Waals surface area contributed by atoms with Gasteiger partial charge in [0.2, 0.25) is 0 Å². The monoisotopic (exact) mass is 452 g/mol. The molecule has 1 aliphatic rings. The SMILES string of the molecule is O=C(COc1ccc(C2SCCCS2)cc1)Nc1ccc(Cn2ccccc2=O)cc1. The van der Waals surface area contributed by atoms with Crippen molar-refractivity contribution in [2.24, 2.45) is 0 Å². The third-order valence-corrected chi connectivity index (χ3v) is 7.85. The summed E-state index contributed by atoms with van der Waals surface area (Å²) in [6.45, 7) is 0.443. The molecular formula is C24H24N2O3S2. The maximum Gasteiger partial charge on any atom is 0.262 e. The molecule has 0 spiro atoms. The summed E-state index contributed by atoms with van der Waals surface area (Å²) in [5.41, 5.74) is 2.93. The number of hydrogen-bond donors (Lipinski definition) is 1. The van der Waals surface area contributed by atoms with Gasteiger partial charge in [0.25, 0.3) is 11.5 Å². The number of thioether (sulfide) groups is 2. The summed E-state index contributed by atoms with van der Waals surface area (Å²) in [5.74, 6) is 2.90. The fourth-order valence-corrected chi connectivity index (χ4v) is 6.12. The van der Waals surface area contributed by atoms with Crippen LogP contribution in [0, 0.1) is 0 Å². The summed E-state index contributed by atoms with van der Waals surface area (Å²) in [6, 6.07) is 20.6. The van der Waals surface area contributed by atoms with Gasteiger partial charge in [0, 0.05) is 18.0 Å². The van der Waals surface area contributed by atoms with Crippen molar-refractivity contribution in [3.8, 4) is 5.75 Å². The maximum absolute atomic E-state index is 12.2. The molecule has 160 valence electrons. The van der Waals surface area contributed by atoms with Crippen LogP contribution < -0.4 is 15.6 Å². The molecule has 4 rings (SSSR count). The first kappa shape index (κ1) is 21.6. The first-order valence-corrected chi connectivity index (χ1v) is 12.3. The molecule has 3 aromatic rings. The van der Waals surface area contributed by atoms with Gasteiger partial charge < -0.3 is 14.6 Å². The molecule has 0 radical (unpaired) electrons. The van der Waals surface area contributed by atoms with E-state index in [1.165, 1.54) is 29.6 Å². The van der Waals surface area contributed by atoms with Gasteiger partial charge in [-0.1, -0.05) is 30.3 Å².